The Morgan fingerprint density at radius 2 is 1.45 bits per heavy atom. The zero-order valence-corrected chi connectivity index (χ0v) is 16.2. The standard InChI is InChI=1S/C14H30O6P2/c1-6-9-10-11-12-14(22(16,17-4)18-5)13-21(15,19-7-2)20-8-3/h13H,6-12H2,1-5H3/b14-13+. The van der Waals surface area contributed by atoms with E-state index in [2.05, 4.69) is 6.92 Å². The first kappa shape index (κ1) is 22.0. The molecular weight excluding hydrogens is 326 g/mol. The van der Waals surface area contributed by atoms with Crippen molar-refractivity contribution in [3.63, 3.8) is 0 Å². The molecule has 0 heterocycles. The molecule has 0 aromatic rings. The molecule has 0 rings (SSSR count). The summed E-state index contributed by atoms with van der Waals surface area (Å²) < 4.78 is 45.8. The predicted octanol–water partition coefficient (Wildman–Crippen LogP) is 5.55. The van der Waals surface area contributed by atoms with E-state index in [1.807, 2.05) is 0 Å². The van der Waals surface area contributed by atoms with Crippen LogP contribution in [-0.4, -0.2) is 27.4 Å². The lowest BCUT2D eigenvalue weighted by atomic mass is 10.1. The van der Waals surface area contributed by atoms with E-state index in [1.54, 1.807) is 13.8 Å². The minimum absolute atomic E-state index is 0.237. The molecule has 22 heavy (non-hydrogen) atoms. The van der Waals surface area contributed by atoms with Gasteiger partial charge in [-0.3, -0.25) is 9.13 Å². The molecule has 0 aliphatic carbocycles. The second-order valence-corrected chi connectivity index (χ2v) is 8.82. The highest BCUT2D eigenvalue weighted by atomic mass is 31.2. The second-order valence-electron chi connectivity index (χ2n) is 4.67. The second kappa shape index (κ2) is 11.6. The molecule has 0 aromatic carbocycles. The van der Waals surface area contributed by atoms with E-state index < -0.39 is 15.2 Å². The average molecular weight is 356 g/mol. The third kappa shape index (κ3) is 7.54. The van der Waals surface area contributed by atoms with Crippen LogP contribution in [-0.2, 0) is 27.2 Å². The summed E-state index contributed by atoms with van der Waals surface area (Å²) in [6.07, 6.45) is 4.47. The molecule has 132 valence electrons. The Kier molecular flexibility index (Phi) is 11.6. The van der Waals surface area contributed by atoms with Crippen molar-refractivity contribution in [1.29, 1.82) is 0 Å². The van der Waals surface area contributed by atoms with E-state index in [-0.39, 0.29) is 13.2 Å². The van der Waals surface area contributed by atoms with Gasteiger partial charge in [0.05, 0.1) is 13.2 Å². The largest absolute Gasteiger partial charge is 0.357 e. The molecule has 0 aliphatic heterocycles. The Bertz CT molecular complexity index is 404. The van der Waals surface area contributed by atoms with E-state index in [0.717, 1.165) is 25.7 Å². The maximum Gasteiger partial charge on any atom is 0.357 e. The Morgan fingerprint density at radius 1 is 0.909 bits per heavy atom. The van der Waals surface area contributed by atoms with Crippen molar-refractivity contribution in [2.75, 3.05) is 27.4 Å². The van der Waals surface area contributed by atoms with Crippen molar-refractivity contribution in [3.05, 3.63) is 11.1 Å². The highest BCUT2D eigenvalue weighted by molar-refractivity contribution is 7.62. The lowest BCUT2D eigenvalue weighted by molar-refractivity contribution is 0.228. The van der Waals surface area contributed by atoms with Gasteiger partial charge in [-0.15, -0.1) is 0 Å². The van der Waals surface area contributed by atoms with Gasteiger partial charge in [0.2, 0.25) is 0 Å². The predicted molar refractivity (Wildman–Crippen MR) is 89.3 cm³/mol. The monoisotopic (exact) mass is 356 g/mol. The smallest absolute Gasteiger partial charge is 0.309 e. The topological polar surface area (TPSA) is 71.1 Å². The first-order valence-corrected chi connectivity index (χ1v) is 10.9. The molecule has 0 N–H and O–H groups in total. The molecule has 8 heteroatoms. The molecule has 0 bridgehead atoms. The summed E-state index contributed by atoms with van der Waals surface area (Å²) in [5.41, 5.74) is 0. The van der Waals surface area contributed by atoms with Gasteiger partial charge in [0.1, 0.15) is 0 Å². The van der Waals surface area contributed by atoms with Crippen LogP contribution in [0.15, 0.2) is 11.1 Å². The van der Waals surface area contributed by atoms with Crippen LogP contribution in [0.3, 0.4) is 0 Å². The Balaban J connectivity index is 5.38. The van der Waals surface area contributed by atoms with E-state index >= 15 is 0 Å². The molecule has 0 radical (unpaired) electrons. The molecule has 0 unspecified atom stereocenters. The first-order chi connectivity index (χ1) is 10.4. The lowest BCUT2D eigenvalue weighted by Gasteiger charge is -2.20. The zero-order valence-electron chi connectivity index (χ0n) is 14.4. The first-order valence-electron chi connectivity index (χ1n) is 7.73. The minimum Gasteiger partial charge on any atom is -0.309 e. The summed E-state index contributed by atoms with van der Waals surface area (Å²) in [5.74, 6) is 1.32. The van der Waals surface area contributed by atoms with Gasteiger partial charge in [0.15, 0.2) is 0 Å². The summed E-state index contributed by atoms with van der Waals surface area (Å²) in [5, 5.41) is 0.360. The third-order valence-electron chi connectivity index (χ3n) is 3.04. The van der Waals surface area contributed by atoms with Gasteiger partial charge in [-0.1, -0.05) is 26.2 Å². The quantitative estimate of drug-likeness (QED) is 0.318. The fraction of sp³-hybridized carbons (Fsp3) is 0.857. The normalized spacial score (nSPS) is 13.6. The number of rotatable bonds is 13. The van der Waals surface area contributed by atoms with Crippen LogP contribution in [0.1, 0.15) is 52.9 Å². The molecule has 0 amide bonds. The van der Waals surface area contributed by atoms with E-state index in [4.69, 9.17) is 18.1 Å². The molecule has 0 saturated carbocycles. The van der Waals surface area contributed by atoms with Crippen molar-refractivity contribution in [3.8, 4) is 0 Å². The zero-order chi connectivity index (χ0) is 17.1. The minimum atomic E-state index is -3.45. The summed E-state index contributed by atoms with van der Waals surface area (Å²) in [6.45, 7) is 6.05. The van der Waals surface area contributed by atoms with Gasteiger partial charge >= 0.3 is 15.2 Å². The van der Waals surface area contributed by atoms with Gasteiger partial charge in [0, 0.05) is 25.4 Å². The molecule has 6 nitrogen and oxygen atoms in total. The van der Waals surface area contributed by atoms with Gasteiger partial charge in [-0.2, -0.15) is 0 Å². The fourth-order valence-corrected chi connectivity index (χ4v) is 5.45. The van der Waals surface area contributed by atoms with Gasteiger partial charge in [-0.05, 0) is 26.7 Å². The van der Waals surface area contributed by atoms with E-state index in [0.29, 0.717) is 11.7 Å². The molecule has 0 fully saturated rings. The fourth-order valence-electron chi connectivity index (χ4n) is 1.97. The molecule has 0 aromatic heterocycles. The Morgan fingerprint density at radius 3 is 1.86 bits per heavy atom. The molecule has 0 spiro atoms. The van der Waals surface area contributed by atoms with Crippen LogP contribution in [0.4, 0.5) is 0 Å². The van der Waals surface area contributed by atoms with Crippen LogP contribution >= 0.6 is 15.2 Å². The van der Waals surface area contributed by atoms with Crippen LogP contribution in [0.5, 0.6) is 0 Å². The molecular formula is C14H30O6P2. The Labute approximate surface area is 134 Å². The summed E-state index contributed by atoms with van der Waals surface area (Å²) in [6, 6.07) is 0. The summed E-state index contributed by atoms with van der Waals surface area (Å²) in [4.78, 5) is 0. The molecule has 0 aliphatic rings. The summed E-state index contributed by atoms with van der Waals surface area (Å²) >= 11 is 0. The van der Waals surface area contributed by atoms with Crippen LogP contribution in [0, 0.1) is 0 Å². The lowest BCUT2D eigenvalue weighted by Crippen LogP contribution is -1.98. The van der Waals surface area contributed by atoms with Crippen molar-refractivity contribution in [2.24, 2.45) is 0 Å². The van der Waals surface area contributed by atoms with E-state index in [1.165, 1.54) is 20.0 Å². The van der Waals surface area contributed by atoms with E-state index in [9.17, 15) is 9.13 Å². The molecule has 0 saturated heterocycles. The maximum absolute atomic E-state index is 12.7. The van der Waals surface area contributed by atoms with Crippen molar-refractivity contribution < 1.29 is 27.2 Å². The van der Waals surface area contributed by atoms with Gasteiger partial charge < -0.3 is 18.1 Å². The van der Waals surface area contributed by atoms with Crippen LogP contribution in [0.2, 0.25) is 0 Å². The number of allylic oxidation sites excluding steroid dienone is 1. The highest BCUT2D eigenvalue weighted by Gasteiger charge is 2.32. The SMILES string of the molecule is CCCCCC/C(=C\P(=O)(OCC)OCC)P(=O)(OC)OC. The van der Waals surface area contributed by atoms with Crippen molar-refractivity contribution >= 4 is 15.2 Å². The van der Waals surface area contributed by atoms with Crippen molar-refractivity contribution in [1.82, 2.24) is 0 Å². The molecule has 0 atom stereocenters. The summed E-state index contributed by atoms with van der Waals surface area (Å²) in [7, 11) is -4.27. The van der Waals surface area contributed by atoms with Crippen molar-refractivity contribution in [2.45, 2.75) is 52.9 Å². The maximum atomic E-state index is 12.7. The average Bonchev–Trinajstić information content (AvgIpc) is 2.50. The Hall–Kier alpha value is 0.0400. The third-order valence-corrected chi connectivity index (χ3v) is 7.13. The van der Waals surface area contributed by atoms with Crippen LogP contribution in [0.25, 0.3) is 0 Å². The number of hydrogen-bond donors (Lipinski definition) is 0. The highest BCUT2D eigenvalue weighted by Crippen LogP contribution is 2.62. The van der Waals surface area contributed by atoms with Gasteiger partial charge in [0.25, 0.3) is 0 Å². The number of hydrogen-bond acceptors (Lipinski definition) is 6. The van der Waals surface area contributed by atoms with Crippen LogP contribution < -0.4 is 0 Å². The number of unbranched alkanes of at least 4 members (excludes halogenated alkanes) is 3. The van der Waals surface area contributed by atoms with Gasteiger partial charge in [-0.25, -0.2) is 0 Å².